The average molecular weight is 424 g/mol. The van der Waals surface area contributed by atoms with Gasteiger partial charge >= 0.3 is 0 Å². The van der Waals surface area contributed by atoms with Gasteiger partial charge in [-0.2, -0.15) is 0 Å². The quantitative estimate of drug-likeness (QED) is 0.361. The molecule has 2 aromatic carbocycles. The standard InChI is InChI=1S/C26H33NO4/c1-3-5-7-11-17-30-25-24(28)22-15-14-21(31-19-20-12-9-8-10-13-20)18-23(22)27(26(25)29)16-6-4-2/h8-10,12-15,18,28H,3-7,11,16-17,19H2,1-2H3. The maximum absolute atomic E-state index is 13.2. The van der Waals surface area contributed by atoms with E-state index in [1.807, 2.05) is 42.5 Å². The molecule has 0 saturated heterocycles. The third kappa shape index (κ3) is 5.81. The first-order valence-corrected chi connectivity index (χ1v) is 11.3. The maximum Gasteiger partial charge on any atom is 0.297 e. The lowest BCUT2D eigenvalue weighted by atomic mass is 10.1. The normalized spacial score (nSPS) is 11.0. The highest BCUT2D eigenvalue weighted by Gasteiger charge is 2.18. The number of rotatable bonds is 12. The zero-order valence-corrected chi connectivity index (χ0v) is 18.6. The predicted octanol–water partition coefficient (Wildman–Crippen LogP) is 6.05. The molecular weight excluding hydrogens is 390 g/mol. The van der Waals surface area contributed by atoms with E-state index in [0.717, 1.165) is 44.1 Å². The van der Waals surface area contributed by atoms with Gasteiger partial charge in [-0.25, -0.2) is 0 Å². The van der Waals surface area contributed by atoms with Gasteiger partial charge in [-0.05, 0) is 30.5 Å². The van der Waals surface area contributed by atoms with Crippen molar-refractivity contribution in [3.05, 3.63) is 64.4 Å². The molecule has 1 aromatic heterocycles. The molecule has 3 aromatic rings. The molecular formula is C26H33NO4. The van der Waals surface area contributed by atoms with Crippen molar-refractivity contribution >= 4 is 10.9 Å². The number of hydrogen-bond donors (Lipinski definition) is 1. The molecule has 0 aliphatic carbocycles. The number of nitrogens with zero attached hydrogens (tertiary/aromatic N) is 1. The Bertz CT molecular complexity index is 1030. The summed E-state index contributed by atoms with van der Waals surface area (Å²) in [5, 5.41) is 11.4. The van der Waals surface area contributed by atoms with E-state index in [-0.39, 0.29) is 17.1 Å². The molecule has 0 atom stereocenters. The summed E-state index contributed by atoms with van der Waals surface area (Å²) in [6.07, 6.45) is 6.03. The molecule has 5 heteroatoms. The summed E-state index contributed by atoms with van der Waals surface area (Å²) in [4.78, 5) is 13.2. The highest BCUT2D eigenvalue weighted by atomic mass is 16.5. The zero-order chi connectivity index (χ0) is 22.1. The lowest BCUT2D eigenvalue weighted by Gasteiger charge is -2.16. The minimum Gasteiger partial charge on any atom is -0.504 e. The molecule has 0 unspecified atom stereocenters. The summed E-state index contributed by atoms with van der Waals surface area (Å²) < 4.78 is 13.4. The fraction of sp³-hybridized carbons (Fsp3) is 0.423. The molecule has 0 saturated carbocycles. The van der Waals surface area contributed by atoms with Gasteiger partial charge in [0.1, 0.15) is 12.4 Å². The summed E-state index contributed by atoms with van der Waals surface area (Å²) in [5.41, 5.74) is 1.45. The lowest BCUT2D eigenvalue weighted by molar-refractivity contribution is 0.284. The van der Waals surface area contributed by atoms with E-state index in [9.17, 15) is 9.90 Å². The van der Waals surface area contributed by atoms with Crippen molar-refractivity contribution in [2.45, 2.75) is 65.5 Å². The second kappa shape index (κ2) is 11.4. The van der Waals surface area contributed by atoms with E-state index in [2.05, 4.69) is 13.8 Å². The number of aryl methyl sites for hydroxylation is 1. The Labute approximate surface area is 184 Å². The first kappa shape index (κ1) is 22.7. The number of aromatic nitrogens is 1. The Kier molecular flexibility index (Phi) is 8.39. The smallest absolute Gasteiger partial charge is 0.297 e. The topological polar surface area (TPSA) is 60.7 Å². The van der Waals surface area contributed by atoms with E-state index in [1.54, 1.807) is 10.6 Å². The van der Waals surface area contributed by atoms with Gasteiger partial charge in [0, 0.05) is 18.0 Å². The Morgan fingerprint density at radius 3 is 2.42 bits per heavy atom. The SMILES string of the molecule is CCCCCCOc1c(O)c2ccc(OCc3ccccc3)cc2n(CCCC)c1=O. The van der Waals surface area contributed by atoms with Crippen LogP contribution in [0.15, 0.2) is 53.3 Å². The molecule has 166 valence electrons. The van der Waals surface area contributed by atoms with Crippen LogP contribution in [0.2, 0.25) is 0 Å². The van der Waals surface area contributed by atoms with Gasteiger partial charge in [0.15, 0.2) is 5.75 Å². The van der Waals surface area contributed by atoms with E-state index in [1.165, 1.54) is 0 Å². The van der Waals surface area contributed by atoms with Crippen LogP contribution in [0.1, 0.15) is 57.9 Å². The molecule has 3 rings (SSSR count). The molecule has 0 bridgehead atoms. The zero-order valence-electron chi connectivity index (χ0n) is 18.6. The molecule has 0 spiro atoms. The van der Waals surface area contributed by atoms with Crippen LogP contribution < -0.4 is 15.0 Å². The summed E-state index contributed by atoms with van der Waals surface area (Å²) in [5.74, 6) is 0.629. The first-order valence-electron chi connectivity index (χ1n) is 11.3. The summed E-state index contributed by atoms with van der Waals surface area (Å²) in [7, 11) is 0. The molecule has 1 N–H and O–H groups in total. The molecule has 5 nitrogen and oxygen atoms in total. The van der Waals surface area contributed by atoms with Crippen LogP contribution in [0.3, 0.4) is 0 Å². The van der Waals surface area contributed by atoms with Crippen molar-refractivity contribution in [1.82, 2.24) is 4.57 Å². The number of fused-ring (bicyclic) bond motifs is 1. The average Bonchev–Trinajstić information content (AvgIpc) is 2.80. The van der Waals surface area contributed by atoms with Gasteiger partial charge in [-0.1, -0.05) is 69.9 Å². The number of unbranched alkanes of at least 4 members (excludes halogenated alkanes) is 4. The number of aromatic hydroxyl groups is 1. The molecule has 0 radical (unpaired) electrons. The number of pyridine rings is 1. The van der Waals surface area contributed by atoms with Crippen molar-refractivity contribution in [1.29, 1.82) is 0 Å². The minimum absolute atomic E-state index is 0.0538. The van der Waals surface area contributed by atoms with Crippen molar-refractivity contribution in [3.63, 3.8) is 0 Å². The second-order valence-electron chi connectivity index (χ2n) is 7.85. The van der Waals surface area contributed by atoms with E-state index >= 15 is 0 Å². The third-order valence-corrected chi connectivity index (χ3v) is 5.40. The lowest BCUT2D eigenvalue weighted by Crippen LogP contribution is -2.23. The highest BCUT2D eigenvalue weighted by Crippen LogP contribution is 2.34. The number of benzene rings is 2. The summed E-state index contributed by atoms with van der Waals surface area (Å²) in [6.45, 7) is 5.69. The van der Waals surface area contributed by atoms with Gasteiger partial charge in [0.2, 0.25) is 5.75 Å². The Hall–Kier alpha value is -2.95. The van der Waals surface area contributed by atoms with Gasteiger partial charge in [0.05, 0.1) is 12.1 Å². The van der Waals surface area contributed by atoms with Crippen molar-refractivity contribution in [3.8, 4) is 17.2 Å². The second-order valence-corrected chi connectivity index (χ2v) is 7.85. The van der Waals surface area contributed by atoms with Crippen LogP contribution in [0.4, 0.5) is 0 Å². The Morgan fingerprint density at radius 2 is 1.68 bits per heavy atom. The largest absolute Gasteiger partial charge is 0.504 e. The maximum atomic E-state index is 13.2. The van der Waals surface area contributed by atoms with Gasteiger partial charge in [-0.3, -0.25) is 4.79 Å². The van der Waals surface area contributed by atoms with Crippen LogP contribution >= 0.6 is 0 Å². The van der Waals surface area contributed by atoms with Gasteiger partial charge in [-0.15, -0.1) is 0 Å². The van der Waals surface area contributed by atoms with Crippen LogP contribution in [0.25, 0.3) is 10.9 Å². The Balaban J connectivity index is 1.90. The number of hydrogen-bond acceptors (Lipinski definition) is 4. The molecule has 0 aliphatic heterocycles. The molecule has 0 amide bonds. The van der Waals surface area contributed by atoms with E-state index < -0.39 is 0 Å². The summed E-state index contributed by atoms with van der Waals surface area (Å²) >= 11 is 0. The third-order valence-electron chi connectivity index (χ3n) is 5.40. The number of ether oxygens (including phenoxy) is 2. The van der Waals surface area contributed by atoms with E-state index in [4.69, 9.17) is 9.47 Å². The fourth-order valence-electron chi connectivity index (χ4n) is 3.59. The fourth-order valence-corrected chi connectivity index (χ4v) is 3.59. The van der Waals surface area contributed by atoms with E-state index in [0.29, 0.717) is 36.4 Å². The molecule has 31 heavy (non-hydrogen) atoms. The first-order chi connectivity index (χ1) is 15.2. The van der Waals surface area contributed by atoms with Crippen molar-refractivity contribution in [2.24, 2.45) is 0 Å². The van der Waals surface area contributed by atoms with Crippen molar-refractivity contribution < 1.29 is 14.6 Å². The monoisotopic (exact) mass is 423 g/mol. The van der Waals surface area contributed by atoms with Crippen LogP contribution in [-0.2, 0) is 13.2 Å². The van der Waals surface area contributed by atoms with Gasteiger partial charge in [0.25, 0.3) is 5.56 Å². The van der Waals surface area contributed by atoms with Crippen LogP contribution in [0, 0.1) is 0 Å². The van der Waals surface area contributed by atoms with Crippen molar-refractivity contribution in [2.75, 3.05) is 6.61 Å². The molecule has 0 aliphatic rings. The molecule has 1 heterocycles. The predicted molar refractivity (Wildman–Crippen MR) is 125 cm³/mol. The van der Waals surface area contributed by atoms with Gasteiger partial charge < -0.3 is 19.1 Å². The summed E-state index contributed by atoms with van der Waals surface area (Å²) in [6, 6.07) is 15.4. The highest BCUT2D eigenvalue weighted by molar-refractivity contribution is 5.88. The minimum atomic E-state index is -0.283. The molecule has 0 fully saturated rings. The van der Waals surface area contributed by atoms with Crippen LogP contribution in [0.5, 0.6) is 17.2 Å². The van der Waals surface area contributed by atoms with Crippen LogP contribution in [-0.4, -0.2) is 16.3 Å². The Morgan fingerprint density at radius 1 is 0.903 bits per heavy atom.